The molecule has 3 atom stereocenters. The lowest BCUT2D eigenvalue weighted by Gasteiger charge is -2.10. The third kappa shape index (κ3) is 2.92. The van der Waals surface area contributed by atoms with E-state index in [4.69, 9.17) is 5.73 Å². The van der Waals surface area contributed by atoms with Gasteiger partial charge in [0.2, 0.25) is 0 Å². The molecule has 20 heavy (non-hydrogen) atoms. The van der Waals surface area contributed by atoms with E-state index in [1.165, 1.54) is 16.7 Å². The number of rotatable bonds is 3. The zero-order chi connectivity index (χ0) is 13.9. The molecule has 2 aromatic carbocycles. The number of nitrogens with two attached hydrogens (primary N) is 1. The van der Waals surface area contributed by atoms with Crippen molar-refractivity contribution in [1.82, 2.24) is 0 Å². The average molecular weight is 267 g/mol. The van der Waals surface area contributed by atoms with E-state index in [1.807, 2.05) is 6.07 Å². The molecule has 0 saturated heterocycles. The smallest absolute Gasteiger partial charge is 0.0693 e. The topological polar surface area (TPSA) is 46.2 Å². The first-order chi connectivity index (χ1) is 9.72. The summed E-state index contributed by atoms with van der Waals surface area (Å²) >= 11 is 0. The van der Waals surface area contributed by atoms with Crippen molar-refractivity contribution in [3.05, 3.63) is 60.2 Å². The summed E-state index contributed by atoms with van der Waals surface area (Å²) in [5.74, 6) is 0.516. The van der Waals surface area contributed by atoms with Crippen LogP contribution in [0.15, 0.2) is 54.6 Å². The maximum absolute atomic E-state index is 9.71. The lowest BCUT2D eigenvalue weighted by atomic mass is 9.96. The van der Waals surface area contributed by atoms with Crippen LogP contribution in [0.25, 0.3) is 11.1 Å². The van der Waals surface area contributed by atoms with Crippen molar-refractivity contribution in [3.8, 4) is 11.1 Å². The summed E-state index contributed by atoms with van der Waals surface area (Å²) < 4.78 is 0. The molecule has 2 aromatic rings. The van der Waals surface area contributed by atoms with Gasteiger partial charge in [-0.3, -0.25) is 0 Å². The molecule has 0 bridgehead atoms. The standard InChI is InChI=1S/C18H21NO/c19-17-11-14(12-18(17)20)10-13-6-8-16(9-7-13)15-4-2-1-3-5-15/h1-9,14,17-18,20H,10-12,19H2/t14-,17+,18-/m1/s1. The summed E-state index contributed by atoms with van der Waals surface area (Å²) in [7, 11) is 0. The van der Waals surface area contributed by atoms with Crippen LogP contribution in [0.5, 0.6) is 0 Å². The molecule has 0 unspecified atom stereocenters. The molecule has 0 aromatic heterocycles. The molecule has 0 spiro atoms. The van der Waals surface area contributed by atoms with Gasteiger partial charge in [-0.25, -0.2) is 0 Å². The van der Waals surface area contributed by atoms with Gasteiger partial charge in [0.25, 0.3) is 0 Å². The van der Waals surface area contributed by atoms with Crippen LogP contribution in [0.1, 0.15) is 18.4 Å². The molecule has 0 heterocycles. The lowest BCUT2D eigenvalue weighted by Crippen LogP contribution is -2.28. The quantitative estimate of drug-likeness (QED) is 0.898. The fourth-order valence-electron chi connectivity index (χ4n) is 3.12. The second-order valence-electron chi connectivity index (χ2n) is 5.84. The Bertz CT molecular complexity index is 539. The summed E-state index contributed by atoms with van der Waals surface area (Å²) in [4.78, 5) is 0. The molecular weight excluding hydrogens is 246 g/mol. The highest BCUT2D eigenvalue weighted by Gasteiger charge is 2.29. The van der Waals surface area contributed by atoms with Gasteiger partial charge in [0.15, 0.2) is 0 Å². The third-order valence-corrected chi connectivity index (χ3v) is 4.26. The second-order valence-corrected chi connectivity index (χ2v) is 5.84. The predicted molar refractivity (Wildman–Crippen MR) is 82.3 cm³/mol. The van der Waals surface area contributed by atoms with Gasteiger partial charge >= 0.3 is 0 Å². The first-order valence-corrected chi connectivity index (χ1v) is 7.30. The van der Waals surface area contributed by atoms with Crippen LogP contribution in [0.2, 0.25) is 0 Å². The molecule has 0 amide bonds. The Balaban J connectivity index is 1.68. The highest BCUT2D eigenvalue weighted by Crippen LogP contribution is 2.28. The number of aliphatic hydroxyl groups is 1. The summed E-state index contributed by atoms with van der Waals surface area (Å²) in [6, 6.07) is 19.1. The van der Waals surface area contributed by atoms with Gasteiger partial charge in [-0.2, -0.15) is 0 Å². The van der Waals surface area contributed by atoms with Crippen molar-refractivity contribution < 1.29 is 5.11 Å². The van der Waals surface area contributed by atoms with E-state index in [1.54, 1.807) is 0 Å². The number of benzene rings is 2. The molecule has 1 aliphatic rings. The van der Waals surface area contributed by atoms with E-state index in [2.05, 4.69) is 48.5 Å². The van der Waals surface area contributed by atoms with Gasteiger partial charge < -0.3 is 10.8 Å². The fraction of sp³-hybridized carbons (Fsp3) is 0.333. The molecule has 1 fully saturated rings. The first-order valence-electron chi connectivity index (χ1n) is 7.30. The third-order valence-electron chi connectivity index (χ3n) is 4.26. The minimum atomic E-state index is -0.316. The summed E-state index contributed by atoms with van der Waals surface area (Å²) in [5, 5.41) is 9.71. The van der Waals surface area contributed by atoms with Crippen molar-refractivity contribution >= 4 is 0 Å². The van der Waals surface area contributed by atoms with E-state index in [0.717, 1.165) is 19.3 Å². The largest absolute Gasteiger partial charge is 0.392 e. The van der Waals surface area contributed by atoms with Gasteiger partial charge in [-0.15, -0.1) is 0 Å². The monoisotopic (exact) mass is 267 g/mol. The fourth-order valence-corrected chi connectivity index (χ4v) is 3.12. The number of aliphatic hydroxyl groups excluding tert-OH is 1. The molecule has 1 saturated carbocycles. The lowest BCUT2D eigenvalue weighted by molar-refractivity contribution is 0.161. The molecule has 2 heteroatoms. The van der Waals surface area contributed by atoms with Crippen molar-refractivity contribution in [1.29, 1.82) is 0 Å². The summed E-state index contributed by atoms with van der Waals surface area (Å²) in [6.45, 7) is 0. The van der Waals surface area contributed by atoms with Crippen LogP contribution in [-0.4, -0.2) is 17.3 Å². The Labute approximate surface area is 120 Å². The van der Waals surface area contributed by atoms with E-state index < -0.39 is 0 Å². The highest BCUT2D eigenvalue weighted by molar-refractivity contribution is 5.63. The Hall–Kier alpha value is -1.64. The molecule has 0 radical (unpaired) electrons. The molecule has 0 aliphatic heterocycles. The van der Waals surface area contributed by atoms with Crippen LogP contribution in [0.4, 0.5) is 0 Å². The second kappa shape index (κ2) is 5.78. The molecular formula is C18H21NO. The molecule has 2 nitrogen and oxygen atoms in total. The molecule has 104 valence electrons. The van der Waals surface area contributed by atoms with E-state index in [0.29, 0.717) is 5.92 Å². The SMILES string of the molecule is N[C@H]1C[C@@H](Cc2ccc(-c3ccccc3)cc2)C[C@H]1O. The van der Waals surface area contributed by atoms with E-state index >= 15 is 0 Å². The Morgan fingerprint density at radius 2 is 1.55 bits per heavy atom. The van der Waals surface area contributed by atoms with Crippen LogP contribution in [0.3, 0.4) is 0 Å². The zero-order valence-electron chi connectivity index (χ0n) is 11.6. The van der Waals surface area contributed by atoms with Crippen molar-refractivity contribution in [2.45, 2.75) is 31.4 Å². The molecule has 1 aliphatic carbocycles. The van der Waals surface area contributed by atoms with Gasteiger partial charge in [0.05, 0.1) is 6.10 Å². The van der Waals surface area contributed by atoms with E-state index in [-0.39, 0.29) is 12.1 Å². The number of hydrogen-bond acceptors (Lipinski definition) is 2. The van der Waals surface area contributed by atoms with Crippen molar-refractivity contribution in [2.75, 3.05) is 0 Å². The maximum atomic E-state index is 9.71. The summed E-state index contributed by atoms with van der Waals surface area (Å²) in [5.41, 5.74) is 9.70. The van der Waals surface area contributed by atoms with Crippen LogP contribution in [0, 0.1) is 5.92 Å². The van der Waals surface area contributed by atoms with Gasteiger partial charge in [0.1, 0.15) is 0 Å². The maximum Gasteiger partial charge on any atom is 0.0693 e. The zero-order valence-corrected chi connectivity index (χ0v) is 11.6. The average Bonchev–Trinajstić information content (AvgIpc) is 2.79. The van der Waals surface area contributed by atoms with Gasteiger partial charge in [0, 0.05) is 6.04 Å². The van der Waals surface area contributed by atoms with Crippen LogP contribution in [-0.2, 0) is 6.42 Å². The highest BCUT2D eigenvalue weighted by atomic mass is 16.3. The first kappa shape index (κ1) is 13.3. The Morgan fingerprint density at radius 3 is 2.15 bits per heavy atom. The normalized spacial score (nSPS) is 25.8. The van der Waals surface area contributed by atoms with Crippen molar-refractivity contribution in [3.63, 3.8) is 0 Å². The number of hydrogen-bond donors (Lipinski definition) is 2. The summed E-state index contributed by atoms with van der Waals surface area (Å²) in [6.07, 6.45) is 2.46. The molecule has 3 N–H and O–H groups in total. The van der Waals surface area contributed by atoms with E-state index in [9.17, 15) is 5.11 Å². The minimum Gasteiger partial charge on any atom is -0.392 e. The van der Waals surface area contributed by atoms with Gasteiger partial charge in [-0.1, -0.05) is 54.6 Å². The Morgan fingerprint density at radius 1 is 0.900 bits per heavy atom. The van der Waals surface area contributed by atoms with Gasteiger partial charge in [-0.05, 0) is 41.9 Å². The van der Waals surface area contributed by atoms with Crippen molar-refractivity contribution in [2.24, 2.45) is 11.7 Å². The minimum absolute atomic E-state index is 0.0383. The van der Waals surface area contributed by atoms with Crippen LogP contribution >= 0.6 is 0 Å². The molecule has 3 rings (SSSR count). The van der Waals surface area contributed by atoms with Crippen LogP contribution < -0.4 is 5.73 Å². The Kier molecular flexibility index (Phi) is 3.86. The predicted octanol–water partition coefficient (Wildman–Crippen LogP) is 2.99.